The molecule has 7 heteroatoms. The number of likely N-dealkylation sites (tertiary alicyclic amines) is 1. The first-order valence-corrected chi connectivity index (χ1v) is 9.63. The topological polar surface area (TPSA) is 78.5 Å². The van der Waals surface area contributed by atoms with Gasteiger partial charge in [0, 0.05) is 19.0 Å². The van der Waals surface area contributed by atoms with Gasteiger partial charge in [-0.1, -0.05) is 12.2 Å². The van der Waals surface area contributed by atoms with E-state index >= 15 is 0 Å². The van der Waals surface area contributed by atoms with E-state index in [9.17, 15) is 14.4 Å². The minimum Gasteiger partial charge on any atom is -0.354 e. The van der Waals surface area contributed by atoms with E-state index in [2.05, 4.69) is 22.8 Å². The Morgan fingerprint density at radius 3 is 2.38 bits per heavy atom. The van der Waals surface area contributed by atoms with E-state index in [4.69, 9.17) is 0 Å². The molecule has 2 N–H and O–H groups in total. The van der Waals surface area contributed by atoms with E-state index in [-0.39, 0.29) is 65.1 Å². The monoisotopic (exact) mass is 379 g/mol. The molecule has 2 saturated carbocycles. The molecule has 1 spiro atoms. The predicted octanol–water partition coefficient (Wildman–Crippen LogP) is 0.721. The fourth-order valence-electron chi connectivity index (χ4n) is 5.79. The maximum atomic E-state index is 12.6. The van der Waals surface area contributed by atoms with Crippen LogP contribution in [-0.4, -0.2) is 48.8 Å². The Morgan fingerprint density at radius 1 is 1.15 bits per heavy atom. The number of allylic oxidation sites excluding steroid dienone is 2. The van der Waals surface area contributed by atoms with Crippen molar-refractivity contribution in [2.75, 3.05) is 26.2 Å². The normalized spacial score (nSPS) is 38.5. The van der Waals surface area contributed by atoms with Crippen molar-refractivity contribution in [2.45, 2.75) is 25.7 Å². The highest BCUT2D eigenvalue weighted by Crippen LogP contribution is 2.58. The number of nitrogens with zero attached hydrogens (tertiary/aromatic N) is 1. The van der Waals surface area contributed by atoms with Crippen molar-refractivity contribution in [3.05, 3.63) is 12.2 Å². The molecule has 5 aliphatic rings. The summed E-state index contributed by atoms with van der Waals surface area (Å²) in [7, 11) is 0. The molecule has 5 rings (SSSR count). The molecule has 3 aliphatic carbocycles. The Hall–Kier alpha value is -1.40. The summed E-state index contributed by atoms with van der Waals surface area (Å²) >= 11 is 0. The molecular formula is C19H26ClN3O3. The van der Waals surface area contributed by atoms with Crippen LogP contribution in [0.3, 0.4) is 0 Å². The second-order valence-corrected chi connectivity index (χ2v) is 8.49. The van der Waals surface area contributed by atoms with Crippen LogP contribution >= 0.6 is 12.4 Å². The molecule has 0 aromatic heterocycles. The third-order valence-electron chi connectivity index (χ3n) is 7.30. The van der Waals surface area contributed by atoms with Crippen LogP contribution in [0.5, 0.6) is 0 Å². The van der Waals surface area contributed by atoms with Crippen LogP contribution in [0.15, 0.2) is 12.2 Å². The van der Waals surface area contributed by atoms with Gasteiger partial charge in [0.05, 0.1) is 11.8 Å². The van der Waals surface area contributed by atoms with E-state index < -0.39 is 0 Å². The molecule has 4 fully saturated rings. The molecule has 5 unspecified atom stereocenters. The van der Waals surface area contributed by atoms with Crippen LogP contribution in [-0.2, 0) is 14.4 Å². The average Bonchev–Trinajstić information content (AvgIpc) is 2.93. The Kier molecular flexibility index (Phi) is 4.39. The van der Waals surface area contributed by atoms with Crippen LogP contribution in [0, 0.1) is 35.0 Å². The van der Waals surface area contributed by atoms with E-state index in [0.717, 1.165) is 38.8 Å². The van der Waals surface area contributed by atoms with Crippen LogP contribution < -0.4 is 10.6 Å². The number of hydrogen-bond donors (Lipinski definition) is 2. The number of halogens is 1. The smallest absolute Gasteiger partial charge is 0.233 e. The number of nitrogens with one attached hydrogen (secondary N) is 2. The van der Waals surface area contributed by atoms with Gasteiger partial charge in [-0.3, -0.25) is 19.3 Å². The van der Waals surface area contributed by atoms with Crippen molar-refractivity contribution in [1.29, 1.82) is 0 Å². The van der Waals surface area contributed by atoms with Crippen LogP contribution in [0.4, 0.5) is 0 Å². The lowest BCUT2D eigenvalue weighted by molar-refractivity contribution is -0.141. The molecule has 2 aliphatic heterocycles. The maximum Gasteiger partial charge on any atom is 0.233 e. The summed E-state index contributed by atoms with van der Waals surface area (Å²) in [5, 5.41) is 6.31. The maximum absolute atomic E-state index is 12.6. The molecule has 26 heavy (non-hydrogen) atoms. The number of hydrogen-bond acceptors (Lipinski definition) is 4. The predicted molar refractivity (Wildman–Crippen MR) is 97.3 cm³/mol. The minimum absolute atomic E-state index is 0. The molecule has 2 bridgehead atoms. The molecule has 2 heterocycles. The molecule has 3 amide bonds. The van der Waals surface area contributed by atoms with Gasteiger partial charge in [0.15, 0.2) is 0 Å². The van der Waals surface area contributed by atoms with Gasteiger partial charge in [-0.2, -0.15) is 0 Å². The summed E-state index contributed by atoms with van der Waals surface area (Å²) in [5.41, 5.74) is 0.219. The van der Waals surface area contributed by atoms with E-state index in [1.54, 1.807) is 0 Å². The Balaban J connectivity index is 0.00000168. The molecule has 6 nitrogen and oxygen atoms in total. The molecular weight excluding hydrogens is 354 g/mol. The highest BCUT2D eigenvalue weighted by molar-refractivity contribution is 6.06. The van der Waals surface area contributed by atoms with Crippen LogP contribution in [0.1, 0.15) is 25.7 Å². The molecule has 142 valence electrons. The number of rotatable bonds is 4. The van der Waals surface area contributed by atoms with Gasteiger partial charge < -0.3 is 10.6 Å². The zero-order valence-electron chi connectivity index (χ0n) is 14.8. The van der Waals surface area contributed by atoms with Gasteiger partial charge in [-0.25, -0.2) is 0 Å². The lowest BCUT2D eigenvalue weighted by atomic mass is 9.85. The fraction of sp³-hybridized carbons (Fsp3) is 0.737. The van der Waals surface area contributed by atoms with Gasteiger partial charge in [0.1, 0.15) is 0 Å². The Bertz CT molecular complexity index is 643. The van der Waals surface area contributed by atoms with Gasteiger partial charge in [-0.15, -0.1) is 12.4 Å². The average molecular weight is 380 g/mol. The van der Waals surface area contributed by atoms with Gasteiger partial charge in [0.25, 0.3) is 0 Å². The van der Waals surface area contributed by atoms with Crippen molar-refractivity contribution >= 4 is 30.1 Å². The SMILES string of the molecule is Cl.O=C(NCCN1C(=O)C2C3C=CC(C3)C2C1=O)C1CC12CCNCC2. The quantitative estimate of drug-likeness (QED) is 0.557. The second-order valence-electron chi connectivity index (χ2n) is 8.49. The van der Waals surface area contributed by atoms with Gasteiger partial charge in [-0.05, 0) is 56.0 Å². The van der Waals surface area contributed by atoms with Gasteiger partial charge >= 0.3 is 0 Å². The Morgan fingerprint density at radius 2 is 1.77 bits per heavy atom. The van der Waals surface area contributed by atoms with Crippen molar-refractivity contribution in [3.8, 4) is 0 Å². The van der Waals surface area contributed by atoms with E-state index in [0.29, 0.717) is 13.1 Å². The highest BCUT2D eigenvalue weighted by Gasteiger charge is 2.59. The van der Waals surface area contributed by atoms with E-state index in [1.807, 2.05) is 0 Å². The first-order chi connectivity index (χ1) is 12.1. The minimum atomic E-state index is -0.139. The third kappa shape index (κ3) is 2.53. The van der Waals surface area contributed by atoms with Crippen molar-refractivity contribution in [2.24, 2.45) is 35.0 Å². The zero-order chi connectivity index (χ0) is 17.2. The fourth-order valence-corrected chi connectivity index (χ4v) is 5.79. The molecule has 0 aromatic carbocycles. The first kappa shape index (κ1) is 18.0. The highest BCUT2D eigenvalue weighted by atomic mass is 35.5. The number of piperidine rings is 1. The number of carbonyl (C=O) groups excluding carboxylic acids is 3. The van der Waals surface area contributed by atoms with Crippen LogP contribution in [0.2, 0.25) is 0 Å². The summed E-state index contributed by atoms with van der Waals surface area (Å²) in [4.78, 5) is 39.0. The molecule has 5 atom stereocenters. The second kappa shape index (κ2) is 6.34. The largest absolute Gasteiger partial charge is 0.354 e. The molecule has 2 saturated heterocycles. The summed E-state index contributed by atoms with van der Waals surface area (Å²) < 4.78 is 0. The zero-order valence-corrected chi connectivity index (χ0v) is 15.6. The standard InChI is InChI=1S/C19H25N3O3.ClH/c23-16(13-10-19(13)3-5-20-6-4-19)21-7-8-22-17(24)14-11-1-2-12(9-11)15(14)18(22)25;/h1-2,11-15,20H,3-10H2,(H,21,23);1H. The van der Waals surface area contributed by atoms with Crippen molar-refractivity contribution < 1.29 is 14.4 Å². The summed E-state index contributed by atoms with van der Waals surface area (Å²) in [6.07, 6.45) is 8.31. The van der Waals surface area contributed by atoms with Crippen molar-refractivity contribution in [1.82, 2.24) is 15.5 Å². The number of amides is 3. The number of imide groups is 1. The van der Waals surface area contributed by atoms with Crippen molar-refractivity contribution in [3.63, 3.8) is 0 Å². The first-order valence-electron chi connectivity index (χ1n) is 9.63. The van der Waals surface area contributed by atoms with E-state index in [1.165, 1.54) is 4.90 Å². The lowest BCUT2D eigenvalue weighted by Gasteiger charge is -2.23. The summed E-state index contributed by atoms with van der Waals surface area (Å²) in [5.74, 6) is 0.389. The van der Waals surface area contributed by atoms with Crippen LogP contribution in [0.25, 0.3) is 0 Å². The number of carbonyl (C=O) groups is 3. The lowest BCUT2D eigenvalue weighted by Crippen LogP contribution is -2.41. The summed E-state index contributed by atoms with van der Waals surface area (Å²) in [6, 6.07) is 0. The Labute approximate surface area is 159 Å². The summed E-state index contributed by atoms with van der Waals surface area (Å²) in [6.45, 7) is 2.69. The third-order valence-corrected chi connectivity index (χ3v) is 7.30. The number of fused-ring (bicyclic) bond motifs is 5. The van der Waals surface area contributed by atoms with Gasteiger partial charge in [0.2, 0.25) is 17.7 Å². The molecule has 0 aromatic rings. The molecule has 0 radical (unpaired) electrons.